The van der Waals surface area contributed by atoms with Gasteiger partial charge in [0, 0.05) is 0 Å². The molecular weight excluding hydrogens is 222 g/mol. The van der Waals surface area contributed by atoms with Gasteiger partial charge in [-0.2, -0.15) is 0 Å². The molecule has 0 bridgehead atoms. The van der Waals surface area contributed by atoms with Gasteiger partial charge >= 0.3 is 18.2 Å². The fourth-order valence-corrected chi connectivity index (χ4v) is 0.598. The molecule has 0 fully saturated rings. The summed E-state index contributed by atoms with van der Waals surface area (Å²) in [6.45, 7) is 0. The molecule has 3 N–H and O–H groups in total. The minimum absolute atomic E-state index is 1.62. The number of nitro groups is 3. The monoisotopic (exact) mass is 227 g/mol. The Hall–Kier alpha value is -1.92. The molecule has 0 aromatic heterocycles. The average Bonchev–Trinajstić information content (AvgIpc) is 2.13. The van der Waals surface area contributed by atoms with Crippen LogP contribution < -0.4 is 0 Å². The fourth-order valence-electron chi connectivity index (χ4n) is 0.598. The summed E-state index contributed by atoms with van der Waals surface area (Å²) >= 11 is 0. The normalized spacial score (nSPS) is 15.4. The second kappa shape index (κ2) is 4.07. The lowest BCUT2D eigenvalue weighted by Gasteiger charge is -2.15. The second-order valence-electron chi connectivity index (χ2n) is 2.35. The van der Waals surface area contributed by atoms with E-state index in [1.165, 1.54) is 0 Å². The van der Waals surface area contributed by atoms with Gasteiger partial charge in [0.15, 0.2) is 0 Å². The fraction of sp³-hybridized carbons (Fsp3) is 1.00. The third kappa shape index (κ3) is 2.12. The zero-order valence-electron chi connectivity index (χ0n) is 6.79. The molecule has 0 radical (unpaired) electrons. The third-order valence-electron chi connectivity index (χ3n) is 1.43. The van der Waals surface area contributed by atoms with Crippen LogP contribution in [0.5, 0.6) is 0 Å². The number of nitrogens with zero attached hydrogens (tertiary/aromatic N) is 3. The van der Waals surface area contributed by atoms with Crippen LogP contribution in [-0.4, -0.2) is 48.3 Å². The predicted octanol–water partition coefficient (Wildman–Crippen LogP) is -2.86. The number of aliphatic hydroxyl groups excluding tert-OH is 2. The zero-order valence-corrected chi connectivity index (χ0v) is 6.79. The highest BCUT2D eigenvalue weighted by atomic mass is 16.7. The largest absolute Gasteiger partial charge is 0.612 e. The molecule has 0 amide bonds. The average molecular weight is 227 g/mol. The van der Waals surface area contributed by atoms with Crippen molar-refractivity contribution in [2.24, 2.45) is 0 Å². The van der Waals surface area contributed by atoms with Gasteiger partial charge in [0.25, 0.3) is 0 Å². The summed E-state index contributed by atoms with van der Waals surface area (Å²) < 4.78 is 0. The van der Waals surface area contributed by atoms with Crippen molar-refractivity contribution in [3.05, 3.63) is 30.3 Å². The van der Waals surface area contributed by atoms with Crippen LogP contribution in [0.4, 0.5) is 0 Å². The van der Waals surface area contributed by atoms with Crippen LogP contribution in [0.15, 0.2) is 0 Å². The van der Waals surface area contributed by atoms with Gasteiger partial charge in [-0.05, 0) is 0 Å². The third-order valence-corrected chi connectivity index (χ3v) is 1.43. The number of hydrogen-bond donors (Lipinski definition) is 3. The molecule has 0 aliphatic heterocycles. The lowest BCUT2D eigenvalue weighted by atomic mass is 10.2. The second-order valence-corrected chi connectivity index (χ2v) is 2.35. The van der Waals surface area contributed by atoms with Gasteiger partial charge in [0.05, 0.1) is 4.92 Å². The molecule has 15 heavy (non-hydrogen) atoms. The standard InChI is InChI=1S/C3H5N3O9/c7-1(2(8)4(10)11)3(9,5(12)13)6(14)15/h1-2,7-9H. The number of hydrogen-bond acceptors (Lipinski definition) is 9. The van der Waals surface area contributed by atoms with Crippen LogP contribution >= 0.6 is 0 Å². The Bertz CT molecular complexity index is 287. The molecule has 0 spiro atoms. The SMILES string of the molecule is O=[N+]([O-])C(O)C(O)C(O)([N+](=O)[O-])[N+](=O)[O-]. The summed E-state index contributed by atoms with van der Waals surface area (Å²) in [4.78, 5) is 24.4. The molecule has 0 aromatic rings. The van der Waals surface area contributed by atoms with Crippen LogP contribution in [0, 0.1) is 30.3 Å². The minimum atomic E-state index is -4.23. The predicted molar refractivity (Wildman–Crippen MR) is 37.9 cm³/mol. The lowest BCUT2D eigenvalue weighted by Crippen LogP contribution is -2.61. The van der Waals surface area contributed by atoms with Crippen LogP contribution in [-0.2, 0) is 0 Å². The van der Waals surface area contributed by atoms with Crippen LogP contribution in [0.1, 0.15) is 0 Å². The highest BCUT2D eigenvalue weighted by Crippen LogP contribution is 2.16. The number of aliphatic hydroxyl groups is 3. The van der Waals surface area contributed by atoms with Crippen molar-refractivity contribution in [1.29, 1.82) is 0 Å². The van der Waals surface area contributed by atoms with E-state index in [0.717, 1.165) is 0 Å². The molecule has 0 rings (SSSR count). The topological polar surface area (TPSA) is 190 Å². The Kier molecular flexibility index (Phi) is 3.55. The van der Waals surface area contributed by atoms with E-state index in [1.54, 1.807) is 0 Å². The molecule has 0 saturated carbocycles. The van der Waals surface area contributed by atoms with E-state index in [2.05, 4.69) is 0 Å². The molecule has 0 aromatic carbocycles. The maximum atomic E-state index is 10.1. The van der Waals surface area contributed by atoms with E-state index in [4.69, 9.17) is 15.3 Å². The van der Waals surface area contributed by atoms with Crippen molar-refractivity contribution in [3.8, 4) is 0 Å². The quantitative estimate of drug-likeness (QED) is 0.251. The molecule has 12 nitrogen and oxygen atoms in total. The van der Waals surface area contributed by atoms with Gasteiger partial charge in [0.2, 0.25) is 0 Å². The van der Waals surface area contributed by atoms with Gasteiger partial charge in [0.1, 0.15) is 9.85 Å². The van der Waals surface area contributed by atoms with E-state index >= 15 is 0 Å². The Morgan fingerprint density at radius 2 is 1.33 bits per heavy atom. The van der Waals surface area contributed by atoms with Crippen molar-refractivity contribution < 1.29 is 30.1 Å². The van der Waals surface area contributed by atoms with Gasteiger partial charge in [-0.15, -0.1) is 0 Å². The molecular formula is C3H5N3O9. The van der Waals surface area contributed by atoms with E-state index < -0.39 is 33.0 Å². The van der Waals surface area contributed by atoms with Crippen molar-refractivity contribution >= 4 is 0 Å². The summed E-state index contributed by atoms with van der Waals surface area (Å²) in [7, 11) is 0. The van der Waals surface area contributed by atoms with Crippen molar-refractivity contribution in [1.82, 2.24) is 0 Å². The first-order chi connectivity index (χ1) is 6.65. The van der Waals surface area contributed by atoms with Gasteiger partial charge < -0.3 is 10.2 Å². The highest BCUT2D eigenvalue weighted by Gasteiger charge is 2.68. The van der Waals surface area contributed by atoms with Crippen molar-refractivity contribution in [3.63, 3.8) is 0 Å². The molecule has 86 valence electrons. The molecule has 0 aliphatic carbocycles. The van der Waals surface area contributed by atoms with Crippen LogP contribution in [0.2, 0.25) is 0 Å². The number of rotatable bonds is 5. The van der Waals surface area contributed by atoms with E-state index in [1.807, 2.05) is 0 Å². The smallest absolute Gasteiger partial charge is 0.369 e. The lowest BCUT2D eigenvalue weighted by molar-refractivity contribution is -0.864. The minimum Gasteiger partial charge on any atom is -0.369 e. The van der Waals surface area contributed by atoms with Gasteiger partial charge in [-0.3, -0.25) is 35.4 Å². The van der Waals surface area contributed by atoms with Crippen molar-refractivity contribution in [2.75, 3.05) is 0 Å². The summed E-state index contributed by atoms with van der Waals surface area (Å²) in [5.41, 5.74) is 0. The van der Waals surface area contributed by atoms with Crippen LogP contribution in [0.3, 0.4) is 0 Å². The molecule has 0 aliphatic rings. The van der Waals surface area contributed by atoms with Gasteiger partial charge in [-0.1, -0.05) is 0 Å². The summed E-state index contributed by atoms with van der Waals surface area (Å²) in [6.07, 6.45) is -6.25. The van der Waals surface area contributed by atoms with Crippen LogP contribution in [0.25, 0.3) is 0 Å². The maximum absolute atomic E-state index is 10.1. The molecule has 12 heteroatoms. The maximum Gasteiger partial charge on any atom is 0.612 e. The molecule has 2 atom stereocenters. The highest BCUT2D eigenvalue weighted by molar-refractivity contribution is 4.67. The first kappa shape index (κ1) is 13.1. The van der Waals surface area contributed by atoms with Gasteiger partial charge in [-0.25, -0.2) is 0 Å². The Labute approximate surface area is 79.8 Å². The summed E-state index contributed by atoms with van der Waals surface area (Å²) in [5, 5.41) is 55.9. The van der Waals surface area contributed by atoms with Crippen molar-refractivity contribution in [2.45, 2.75) is 18.2 Å². The Balaban J connectivity index is 5.20. The molecule has 2 unspecified atom stereocenters. The first-order valence-corrected chi connectivity index (χ1v) is 3.16. The zero-order chi connectivity index (χ0) is 12.4. The van der Waals surface area contributed by atoms with E-state index in [9.17, 15) is 30.3 Å². The first-order valence-electron chi connectivity index (χ1n) is 3.16. The van der Waals surface area contributed by atoms with E-state index in [-0.39, 0.29) is 0 Å². The van der Waals surface area contributed by atoms with E-state index in [0.29, 0.717) is 0 Å². The molecule has 0 heterocycles. The Morgan fingerprint density at radius 3 is 1.53 bits per heavy atom. The molecule has 0 saturated heterocycles. The summed E-state index contributed by atoms with van der Waals surface area (Å²) in [5.74, 6) is -4.23. The summed E-state index contributed by atoms with van der Waals surface area (Å²) in [6, 6.07) is 0. The Morgan fingerprint density at radius 1 is 1.00 bits per heavy atom.